The summed E-state index contributed by atoms with van der Waals surface area (Å²) in [5.74, 6) is -1.09. The third kappa shape index (κ3) is 7.39. The van der Waals surface area contributed by atoms with Crippen LogP contribution < -0.4 is 5.11 Å². The summed E-state index contributed by atoms with van der Waals surface area (Å²) >= 11 is 0. The molecule has 10 heavy (non-hydrogen) atoms. The second kappa shape index (κ2) is 6.51. The molecule has 60 valence electrons. The molecule has 0 aliphatic rings. The number of carbonyl (C=O) groups is 1. The highest BCUT2D eigenvalue weighted by Gasteiger charge is 1.87. The summed E-state index contributed by atoms with van der Waals surface area (Å²) in [7, 11) is 1.56. The number of rotatable bonds is 6. The SMILES string of the molecule is COCCOCCC(=O)[O-]. The van der Waals surface area contributed by atoms with Crippen molar-refractivity contribution in [3.8, 4) is 0 Å². The maximum absolute atomic E-state index is 9.81. The van der Waals surface area contributed by atoms with E-state index in [2.05, 4.69) is 4.74 Å². The van der Waals surface area contributed by atoms with E-state index in [1.165, 1.54) is 0 Å². The van der Waals surface area contributed by atoms with Crippen molar-refractivity contribution in [2.24, 2.45) is 0 Å². The maximum atomic E-state index is 9.81. The van der Waals surface area contributed by atoms with Crippen molar-refractivity contribution >= 4 is 5.97 Å². The molecule has 0 saturated carbocycles. The van der Waals surface area contributed by atoms with Crippen molar-refractivity contribution in [3.05, 3.63) is 0 Å². The second-order valence-corrected chi connectivity index (χ2v) is 1.73. The number of hydrogen-bond acceptors (Lipinski definition) is 4. The molecule has 0 N–H and O–H groups in total. The van der Waals surface area contributed by atoms with Crippen LogP contribution in [0.2, 0.25) is 0 Å². The molecule has 0 aliphatic carbocycles. The first kappa shape index (κ1) is 9.39. The largest absolute Gasteiger partial charge is 0.550 e. The zero-order chi connectivity index (χ0) is 7.82. The van der Waals surface area contributed by atoms with Crippen LogP contribution >= 0.6 is 0 Å². The Labute approximate surface area is 59.7 Å². The summed E-state index contributed by atoms with van der Waals surface area (Å²) in [6.07, 6.45) is -0.0519. The summed E-state index contributed by atoms with van der Waals surface area (Å²) in [6.45, 7) is 1.13. The molecule has 0 bridgehead atoms. The smallest absolute Gasteiger partial charge is 0.0700 e. The van der Waals surface area contributed by atoms with E-state index < -0.39 is 5.97 Å². The summed E-state index contributed by atoms with van der Waals surface area (Å²) in [6, 6.07) is 0. The Hall–Kier alpha value is -0.610. The molecule has 4 nitrogen and oxygen atoms in total. The molecule has 0 aliphatic heterocycles. The quantitative estimate of drug-likeness (QED) is 0.442. The molecule has 0 atom stereocenters. The fourth-order valence-electron chi connectivity index (χ4n) is 0.400. The van der Waals surface area contributed by atoms with E-state index in [1.54, 1.807) is 7.11 Å². The van der Waals surface area contributed by atoms with Gasteiger partial charge in [-0.05, 0) is 0 Å². The van der Waals surface area contributed by atoms with Crippen LogP contribution in [0.15, 0.2) is 0 Å². The Morgan fingerprint density at radius 1 is 1.40 bits per heavy atom. The van der Waals surface area contributed by atoms with Crippen LogP contribution in [0.4, 0.5) is 0 Å². The lowest BCUT2D eigenvalue weighted by atomic mass is 10.5. The average Bonchev–Trinajstić information content (AvgIpc) is 1.87. The molecule has 0 radical (unpaired) electrons. The van der Waals surface area contributed by atoms with Gasteiger partial charge >= 0.3 is 0 Å². The van der Waals surface area contributed by atoms with Crippen LogP contribution in [0.25, 0.3) is 0 Å². The third-order valence-corrected chi connectivity index (χ3v) is 0.882. The first-order valence-electron chi connectivity index (χ1n) is 3.04. The fourth-order valence-corrected chi connectivity index (χ4v) is 0.400. The van der Waals surface area contributed by atoms with Gasteiger partial charge in [0.1, 0.15) is 0 Å². The molecule has 0 amide bonds. The van der Waals surface area contributed by atoms with Gasteiger partial charge in [0.2, 0.25) is 0 Å². The lowest BCUT2D eigenvalue weighted by molar-refractivity contribution is -0.306. The van der Waals surface area contributed by atoms with Gasteiger partial charge in [0.05, 0.1) is 19.8 Å². The van der Waals surface area contributed by atoms with Crippen molar-refractivity contribution in [2.45, 2.75) is 6.42 Å². The lowest BCUT2D eigenvalue weighted by Gasteiger charge is -2.02. The minimum Gasteiger partial charge on any atom is -0.550 e. The summed E-state index contributed by atoms with van der Waals surface area (Å²) in [5.41, 5.74) is 0. The van der Waals surface area contributed by atoms with Gasteiger partial charge in [-0.1, -0.05) is 0 Å². The van der Waals surface area contributed by atoms with Gasteiger partial charge in [-0.25, -0.2) is 0 Å². The molecule has 4 heteroatoms. The van der Waals surface area contributed by atoms with E-state index in [1.807, 2.05) is 0 Å². The van der Waals surface area contributed by atoms with Crippen LogP contribution in [0.3, 0.4) is 0 Å². The zero-order valence-corrected chi connectivity index (χ0v) is 5.96. The Kier molecular flexibility index (Phi) is 6.11. The highest BCUT2D eigenvalue weighted by molar-refractivity contribution is 5.64. The number of carboxylic acids is 1. The number of ether oxygens (including phenoxy) is 2. The van der Waals surface area contributed by atoms with Crippen molar-refractivity contribution in [3.63, 3.8) is 0 Å². The predicted octanol–water partition coefficient (Wildman–Crippen LogP) is -1.21. The predicted molar refractivity (Wildman–Crippen MR) is 32.3 cm³/mol. The van der Waals surface area contributed by atoms with Gasteiger partial charge in [0, 0.05) is 19.5 Å². The monoisotopic (exact) mass is 147 g/mol. The Balaban J connectivity index is 2.84. The molecule has 0 rings (SSSR count). The third-order valence-electron chi connectivity index (χ3n) is 0.882. The lowest BCUT2D eigenvalue weighted by Crippen LogP contribution is -2.23. The minimum atomic E-state index is -1.09. The van der Waals surface area contributed by atoms with Gasteiger partial charge in [-0.15, -0.1) is 0 Å². The molecule has 0 spiro atoms. The van der Waals surface area contributed by atoms with Crippen molar-refractivity contribution < 1.29 is 19.4 Å². The molecule has 0 aromatic heterocycles. The first-order chi connectivity index (χ1) is 4.77. The fraction of sp³-hybridized carbons (Fsp3) is 0.833. The molecular formula is C6H11O4-. The highest BCUT2D eigenvalue weighted by Crippen LogP contribution is 1.80. The maximum Gasteiger partial charge on any atom is 0.0700 e. The van der Waals surface area contributed by atoms with Crippen molar-refractivity contribution in [2.75, 3.05) is 26.9 Å². The van der Waals surface area contributed by atoms with Gasteiger partial charge in [-0.3, -0.25) is 0 Å². The van der Waals surface area contributed by atoms with Crippen LogP contribution in [-0.4, -0.2) is 32.9 Å². The number of carboxylic acid groups (broad SMARTS) is 1. The van der Waals surface area contributed by atoms with E-state index in [0.29, 0.717) is 13.2 Å². The van der Waals surface area contributed by atoms with E-state index >= 15 is 0 Å². The number of aliphatic carboxylic acids is 1. The molecule has 0 unspecified atom stereocenters. The highest BCUT2D eigenvalue weighted by atomic mass is 16.5. The molecule has 0 fully saturated rings. The van der Waals surface area contributed by atoms with Crippen LogP contribution in [0.1, 0.15) is 6.42 Å². The first-order valence-corrected chi connectivity index (χ1v) is 3.04. The Morgan fingerprint density at radius 3 is 2.60 bits per heavy atom. The second-order valence-electron chi connectivity index (χ2n) is 1.73. The minimum absolute atomic E-state index is 0.0519. The van der Waals surface area contributed by atoms with E-state index in [-0.39, 0.29) is 13.0 Å². The summed E-state index contributed by atoms with van der Waals surface area (Å²) < 4.78 is 9.50. The Morgan fingerprint density at radius 2 is 2.10 bits per heavy atom. The summed E-state index contributed by atoms with van der Waals surface area (Å²) in [4.78, 5) is 9.81. The molecule has 0 aromatic carbocycles. The molecule has 0 heterocycles. The molecule has 0 aromatic rings. The van der Waals surface area contributed by atoms with Crippen molar-refractivity contribution in [1.82, 2.24) is 0 Å². The number of hydrogen-bond donors (Lipinski definition) is 0. The number of methoxy groups -OCH3 is 1. The summed E-state index contributed by atoms with van der Waals surface area (Å²) in [5, 5.41) is 9.81. The van der Waals surface area contributed by atoms with Crippen LogP contribution in [0, 0.1) is 0 Å². The molecular weight excluding hydrogens is 136 g/mol. The van der Waals surface area contributed by atoms with E-state index in [9.17, 15) is 9.90 Å². The topological polar surface area (TPSA) is 58.6 Å². The van der Waals surface area contributed by atoms with Gasteiger partial charge in [0.25, 0.3) is 0 Å². The van der Waals surface area contributed by atoms with Gasteiger partial charge in [-0.2, -0.15) is 0 Å². The van der Waals surface area contributed by atoms with Gasteiger partial charge < -0.3 is 19.4 Å². The van der Waals surface area contributed by atoms with Crippen LogP contribution in [0.5, 0.6) is 0 Å². The van der Waals surface area contributed by atoms with Crippen LogP contribution in [-0.2, 0) is 14.3 Å². The Bertz CT molecular complexity index is 91.7. The van der Waals surface area contributed by atoms with Gasteiger partial charge in [0.15, 0.2) is 0 Å². The zero-order valence-electron chi connectivity index (χ0n) is 5.96. The van der Waals surface area contributed by atoms with E-state index in [4.69, 9.17) is 4.74 Å². The van der Waals surface area contributed by atoms with E-state index in [0.717, 1.165) is 0 Å². The molecule has 0 saturated heterocycles. The number of carbonyl (C=O) groups excluding carboxylic acids is 1. The average molecular weight is 147 g/mol. The normalized spacial score (nSPS) is 9.70. The van der Waals surface area contributed by atoms with Crippen molar-refractivity contribution in [1.29, 1.82) is 0 Å². The standard InChI is InChI=1S/C6H12O4/c1-9-4-5-10-3-2-6(7)8/h2-5H2,1H3,(H,7,8)/p-1.